The summed E-state index contributed by atoms with van der Waals surface area (Å²) in [5.41, 5.74) is 0.323. The van der Waals surface area contributed by atoms with E-state index in [1.807, 2.05) is 0 Å². The Bertz CT molecular complexity index is 981. The van der Waals surface area contributed by atoms with Crippen molar-refractivity contribution in [1.82, 2.24) is 4.90 Å². The number of anilines is 1. The minimum Gasteiger partial charge on any atom is -0.339 e. The molecule has 2 aromatic rings. The number of sulfonamides is 1. The van der Waals surface area contributed by atoms with E-state index < -0.39 is 35.1 Å². The van der Waals surface area contributed by atoms with Crippen LogP contribution in [0.25, 0.3) is 0 Å². The van der Waals surface area contributed by atoms with Crippen molar-refractivity contribution >= 4 is 33.2 Å². The fourth-order valence-electron chi connectivity index (χ4n) is 2.61. The lowest BCUT2D eigenvalue weighted by atomic mass is 10.2. The first-order valence-corrected chi connectivity index (χ1v) is 10.5. The van der Waals surface area contributed by atoms with Gasteiger partial charge in [-0.05, 0) is 43.3 Å². The number of carbonyl (C=O) groups is 1. The molecule has 10 heteroatoms. The summed E-state index contributed by atoms with van der Waals surface area (Å²) >= 11 is 5.91. The van der Waals surface area contributed by atoms with E-state index in [-0.39, 0.29) is 17.0 Å². The standard InChI is InChI=1S/C19H20ClF3N2O3S/c1-3-25(11-10-19(21,22)23)18(26)14-6-4-9-17(12-14)29(27,28)24(2)16-8-5-7-15(20)13-16/h4-9,12-13H,3,10-11H2,1-2H3. The van der Waals surface area contributed by atoms with Crippen LogP contribution in [0.15, 0.2) is 53.4 Å². The molecule has 0 aromatic heterocycles. The summed E-state index contributed by atoms with van der Waals surface area (Å²) < 4.78 is 64.3. The molecule has 0 atom stereocenters. The molecule has 0 radical (unpaired) electrons. The van der Waals surface area contributed by atoms with Gasteiger partial charge in [-0.2, -0.15) is 13.2 Å². The maximum atomic E-state index is 12.9. The molecule has 2 rings (SSSR count). The molecule has 158 valence electrons. The molecule has 0 saturated carbocycles. The number of amides is 1. The maximum Gasteiger partial charge on any atom is 0.390 e. The number of nitrogens with zero attached hydrogens (tertiary/aromatic N) is 2. The van der Waals surface area contributed by atoms with Gasteiger partial charge >= 0.3 is 6.18 Å². The Hall–Kier alpha value is -2.26. The molecule has 5 nitrogen and oxygen atoms in total. The van der Waals surface area contributed by atoms with Gasteiger partial charge in [-0.15, -0.1) is 0 Å². The van der Waals surface area contributed by atoms with Crippen LogP contribution >= 0.6 is 11.6 Å². The average molecular weight is 449 g/mol. The average Bonchev–Trinajstić information content (AvgIpc) is 2.67. The third-order valence-corrected chi connectivity index (χ3v) is 6.26. The SMILES string of the molecule is CCN(CCC(F)(F)F)C(=O)c1cccc(S(=O)(=O)N(C)c2cccc(Cl)c2)c1. The lowest BCUT2D eigenvalue weighted by molar-refractivity contribution is -0.136. The number of benzene rings is 2. The molecule has 0 N–H and O–H groups in total. The predicted octanol–water partition coefficient (Wildman–Crippen LogP) is 4.58. The highest BCUT2D eigenvalue weighted by atomic mass is 35.5. The molecule has 0 aliphatic carbocycles. The molecular weight excluding hydrogens is 429 g/mol. The lowest BCUT2D eigenvalue weighted by Gasteiger charge is -2.23. The fourth-order valence-corrected chi connectivity index (χ4v) is 4.02. The zero-order valence-corrected chi connectivity index (χ0v) is 17.4. The van der Waals surface area contributed by atoms with E-state index in [1.54, 1.807) is 25.1 Å². The van der Waals surface area contributed by atoms with E-state index in [0.29, 0.717) is 10.7 Å². The Morgan fingerprint density at radius 3 is 2.34 bits per heavy atom. The summed E-state index contributed by atoms with van der Waals surface area (Å²) in [5, 5.41) is 0.358. The maximum absolute atomic E-state index is 12.9. The molecule has 0 bridgehead atoms. The minimum absolute atomic E-state index is 0.00501. The lowest BCUT2D eigenvalue weighted by Crippen LogP contribution is -2.34. The van der Waals surface area contributed by atoms with Gasteiger partial charge in [-0.3, -0.25) is 9.10 Å². The van der Waals surface area contributed by atoms with Crippen molar-refractivity contribution in [3.05, 3.63) is 59.1 Å². The van der Waals surface area contributed by atoms with Gasteiger partial charge in [-0.1, -0.05) is 23.7 Å². The summed E-state index contributed by atoms with van der Waals surface area (Å²) in [4.78, 5) is 13.5. The zero-order chi connectivity index (χ0) is 21.8. The first-order valence-electron chi connectivity index (χ1n) is 8.66. The van der Waals surface area contributed by atoms with E-state index in [9.17, 15) is 26.4 Å². The number of hydrogen-bond donors (Lipinski definition) is 0. The van der Waals surface area contributed by atoms with Crippen LogP contribution in [0.5, 0.6) is 0 Å². The van der Waals surface area contributed by atoms with Crippen LogP contribution in [0.1, 0.15) is 23.7 Å². The highest BCUT2D eigenvalue weighted by Gasteiger charge is 2.29. The van der Waals surface area contributed by atoms with Gasteiger partial charge in [0.1, 0.15) is 0 Å². The van der Waals surface area contributed by atoms with Gasteiger partial charge in [0, 0.05) is 30.7 Å². The van der Waals surface area contributed by atoms with Crippen molar-refractivity contribution < 1.29 is 26.4 Å². The van der Waals surface area contributed by atoms with E-state index in [2.05, 4.69) is 0 Å². The minimum atomic E-state index is -4.39. The van der Waals surface area contributed by atoms with Crippen LogP contribution in [0.2, 0.25) is 5.02 Å². The largest absolute Gasteiger partial charge is 0.390 e. The summed E-state index contributed by atoms with van der Waals surface area (Å²) in [6.45, 7) is 1.12. The number of hydrogen-bond acceptors (Lipinski definition) is 3. The van der Waals surface area contributed by atoms with Crippen LogP contribution in [0, 0.1) is 0 Å². The van der Waals surface area contributed by atoms with Crippen LogP contribution in [-0.2, 0) is 10.0 Å². The second kappa shape index (κ2) is 9.04. The smallest absolute Gasteiger partial charge is 0.339 e. The van der Waals surface area contributed by atoms with Gasteiger partial charge in [0.2, 0.25) is 0 Å². The third kappa shape index (κ3) is 5.86. The predicted molar refractivity (Wildman–Crippen MR) is 106 cm³/mol. The van der Waals surface area contributed by atoms with Gasteiger partial charge in [-0.25, -0.2) is 8.42 Å². The molecule has 0 heterocycles. The Balaban J connectivity index is 2.30. The van der Waals surface area contributed by atoms with Crippen molar-refractivity contribution in [2.75, 3.05) is 24.4 Å². The van der Waals surface area contributed by atoms with Gasteiger partial charge in [0.15, 0.2) is 0 Å². The number of carbonyl (C=O) groups excluding carboxylic acids is 1. The zero-order valence-electron chi connectivity index (χ0n) is 15.8. The molecule has 0 unspecified atom stereocenters. The van der Waals surface area contributed by atoms with Gasteiger partial charge in [0.05, 0.1) is 17.0 Å². The molecule has 0 saturated heterocycles. The number of halogens is 4. The topological polar surface area (TPSA) is 57.7 Å². The summed E-state index contributed by atoms with van der Waals surface area (Å²) in [6, 6.07) is 11.5. The fraction of sp³-hybridized carbons (Fsp3) is 0.316. The van der Waals surface area contributed by atoms with E-state index in [4.69, 9.17) is 11.6 Å². The molecule has 0 aliphatic heterocycles. The summed E-state index contributed by atoms with van der Waals surface area (Å²) in [6.07, 6.45) is -5.53. The Labute approximate surface area is 172 Å². The van der Waals surface area contributed by atoms with Crippen molar-refractivity contribution in [2.24, 2.45) is 0 Å². The second-order valence-corrected chi connectivity index (χ2v) is 8.64. The van der Waals surface area contributed by atoms with Crippen LogP contribution in [-0.4, -0.2) is 45.5 Å². The molecule has 0 aliphatic rings. The van der Waals surface area contributed by atoms with Crippen LogP contribution in [0.3, 0.4) is 0 Å². The van der Waals surface area contributed by atoms with E-state index >= 15 is 0 Å². The van der Waals surface area contributed by atoms with E-state index in [0.717, 1.165) is 15.3 Å². The van der Waals surface area contributed by atoms with Gasteiger partial charge < -0.3 is 4.90 Å². The quantitative estimate of drug-likeness (QED) is 0.623. The van der Waals surface area contributed by atoms with Crippen molar-refractivity contribution in [3.63, 3.8) is 0 Å². The number of alkyl halides is 3. The summed E-state index contributed by atoms with van der Waals surface area (Å²) in [7, 11) is -2.66. The Morgan fingerprint density at radius 1 is 1.10 bits per heavy atom. The van der Waals surface area contributed by atoms with Crippen LogP contribution in [0.4, 0.5) is 18.9 Å². The first-order chi connectivity index (χ1) is 13.5. The second-order valence-electron chi connectivity index (χ2n) is 6.23. The molecule has 0 spiro atoms. The monoisotopic (exact) mass is 448 g/mol. The summed E-state index contributed by atoms with van der Waals surface area (Å²) in [5.74, 6) is -0.667. The molecule has 0 fully saturated rings. The van der Waals surface area contributed by atoms with E-state index in [1.165, 1.54) is 31.3 Å². The van der Waals surface area contributed by atoms with Crippen molar-refractivity contribution in [3.8, 4) is 0 Å². The normalized spacial score (nSPS) is 11.9. The number of rotatable bonds is 7. The first kappa shape index (κ1) is 23.0. The van der Waals surface area contributed by atoms with Gasteiger partial charge in [0.25, 0.3) is 15.9 Å². The van der Waals surface area contributed by atoms with Crippen molar-refractivity contribution in [2.45, 2.75) is 24.4 Å². The third-order valence-electron chi connectivity index (χ3n) is 4.25. The molecule has 29 heavy (non-hydrogen) atoms. The molecular formula is C19H20ClF3N2O3S. The Kier molecular flexibility index (Phi) is 7.18. The highest BCUT2D eigenvalue weighted by Crippen LogP contribution is 2.25. The highest BCUT2D eigenvalue weighted by molar-refractivity contribution is 7.92. The Morgan fingerprint density at radius 2 is 1.76 bits per heavy atom. The molecule has 2 aromatic carbocycles. The molecule has 1 amide bonds. The van der Waals surface area contributed by atoms with Crippen molar-refractivity contribution in [1.29, 1.82) is 0 Å². The van der Waals surface area contributed by atoms with Crippen LogP contribution < -0.4 is 4.31 Å².